The molecule has 0 aliphatic heterocycles. The van der Waals surface area contributed by atoms with E-state index < -0.39 is 5.91 Å². The van der Waals surface area contributed by atoms with Crippen molar-refractivity contribution in [3.8, 4) is 0 Å². The Hall–Kier alpha value is -2.63. The maximum atomic E-state index is 12.4. The Labute approximate surface area is 155 Å². The molecule has 1 unspecified atom stereocenters. The average molecular weight is 359 g/mol. The Morgan fingerprint density at radius 3 is 2.12 bits per heavy atom. The van der Waals surface area contributed by atoms with E-state index in [0.717, 1.165) is 5.56 Å². The molecular formula is C20H29N3O3. The molecule has 1 aromatic carbocycles. The van der Waals surface area contributed by atoms with Crippen molar-refractivity contribution in [1.29, 1.82) is 0 Å². The van der Waals surface area contributed by atoms with E-state index in [0.29, 0.717) is 25.0 Å². The van der Waals surface area contributed by atoms with Crippen LogP contribution >= 0.6 is 0 Å². The lowest BCUT2D eigenvalue weighted by Gasteiger charge is -2.17. The number of nitrogens with one attached hydrogen (secondary N) is 2. The summed E-state index contributed by atoms with van der Waals surface area (Å²) in [7, 11) is 0. The van der Waals surface area contributed by atoms with Crippen LogP contribution in [0.3, 0.4) is 0 Å². The molecule has 1 rings (SSSR count). The van der Waals surface area contributed by atoms with Gasteiger partial charge >= 0.3 is 0 Å². The van der Waals surface area contributed by atoms with Crippen LogP contribution in [0, 0.1) is 0 Å². The summed E-state index contributed by atoms with van der Waals surface area (Å²) in [6.45, 7) is 5.76. The summed E-state index contributed by atoms with van der Waals surface area (Å²) in [6, 6.07) is 9.73. The van der Waals surface area contributed by atoms with Crippen molar-refractivity contribution in [2.45, 2.75) is 58.8 Å². The third kappa shape index (κ3) is 7.09. The Morgan fingerprint density at radius 1 is 0.962 bits per heavy atom. The van der Waals surface area contributed by atoms with Gasteiger partial charge in [0.05, 0.1) is 0 Å². The van der Waals surface area contributed by atoms with Crippen molar-refractivity contribution in [3.63, 3.8) is 0 Å². The number of hydrogen-bond donors (Lipinski definition) is 3. The Kier molecular flexibility index (Phi) is 9.12. The molecule has 26 heavy (non-hydrogen) atoms. The van der Waals surface area contributed by atoms with Crippen LogP contribution in [0.5, 0.6) is 0 Å². The fourth-order valence-corrected chi connectivity index (χ4v) is 2.61. The van der Waals surface area contributed by atoms with E-state index in [-0.39, 0.29) is 36.3 Å². The molecule has 0 saturated carbocycles. The molecule has 3 amide bonds. The number of carbonyl (C=O) groups is 3. The minimum atomic E-state index is -0.755. The first kappa shape index (κ1) is 21.4. The second-order valence-electron chi connectivity index (χ2n) is 6.33. The molecule has 1 atom stereocenters. The summed E-state index contributed by atoms with van der Waals surface area (Å²) in [4.78, 5) is 36.1. The zero-order chi connectivity index (χ0) is 19.5. The minimum absolute atomic E-state index is 0.0222. The molecule has 1 aromatic rings. The number of carbonyl (C=O) groups excluding carboxylic acids is 3. The first-order valence-electron chi connectivity index (χ1n) is 9.06. The molecule has 0 radical (unpaired) electrons. The first-order chi connectivity index (χ1) is 12.4. The highest BCUT2D eigenvalue weighted by molar-refractivity contribution is 5.97. The van der Waals surface area contributed by atoms with Gasteiger partial charge in [-0.15, -0.1) is 0 Å². The summed E-state index contributed by atoms with van der Waals surface area (Å²) >= 11 is 0. The average Bonchev–Trinajstić information content (AvgIpc) is 2.60. The van der Waals surface area contributed by atoms with Gasteiger partial charge in [0.25, 0.3) is 5.91 Å². The van der Waals surface area contributed by atoms with Gasteiger partial charge in [0.15, 0.2) is 0 Å². The van der Waals surface area contributed by atoms with Crippen molar-refractivity contribution in [2.75, 3.05) is 0 Å². The number of hydrogen-bond acceptors (Lipinski definition) is 3. The van der Waals surface area contributed by atoms with E-state index in [1.165, 1.54) is 0 Å². The van der Waals surface area contributed by atoms with Crippen LogP contribution in [0.25, 0.3) is 0 Å². The normalized spacial score (nSPS) is 12.7. The lowest BCUT2D eigenvalue weighted by molar-refractivity contribution is -0.123. The molecule has 0 spiro atoms. The zero-order valence-electron chi connectivity index (χ0n) is 15.8. The topological polar surface area (TPSA) is 101 Å². The molecule has 0 fully saturated rings. The maximum absolute atomic E-state index is 12.4. The zero-order valence-corrected chi connectivity index (χ0v) is 15.8. The molecule has 0 bridgehead atoms. The Balaban J connectivity index is 2.90. The highest BCUT2D eigenvalue weighted by Gasteiger charge is 2.18. The predicted octanol–water partition coefficient (Wildman–Crippen LogP) is 2.71. The van der Waals surface area contributed by atoms with Crippen molar-refractivity contribution in [3.05, 3.63) is 47.3 Å². The Morgan fingerprint density at radius 2 is 1.58 bits per heavy atom. The van der Waals surface area contributed by atoms with Crippen molar-refractivity contribution in [1.82, 2.24) is 10.6 Å². The number of benzene rings is 1. The van der Waals surface area contributed by atoms with E-state index >= 15 is 0 Å². The van der Waals surface area contributed by atoms with Crippen LogP contribution in [-0.2, 0) is 14.4 Å². The molecule has 6 nitrogen and oxygen atoms in total. The standard InChI is InChI=1S/C20H29N3O3/c1-4-9-16(19(20(21)26)23-17(24)10-5-2)22-18(25)13-14(3)15-11-7-6-8-12-15/h6-8,11-12,14H,4-5,9-10,13H2,1-3H3,(H2,21,26)(H,22,25)(H,23,24). The van der Waals surface area contributed by atoms with E-state index in [1.54, 1.807) is 0 Å². The quantitative estimate of drug-likeness (QED) is 0.560. The molecular weight excluding hydrogens is 330 g/mol. The van der Waals surface area contributed by atoms with Gasteiger partial charge in [0.1, 0.15) is 5.70 Å². The monoisotopic (exact) mass is 359 g/mol. The number of allylic oxidation sites excluding steroid dienone is 1. The lowest BCUT2D eigenvalue weighted by atomic mass is 9.97. The van der Waals surface area contributed by atoms with Gasteiger partial charge in [0.2, 0.25) is 11.8 Å². The summed E-state index contributed by atoms with van der Waals surface area (Å²) < 4.78 is 0. The van der Waals surface area contributed by atoms with Gasteiger partial charge in [0, 0.05) is 18.5 Å². The van der Waals surface area contributed by atoms with Crippen LogP contribution in [0.2, 0.25) is 0 Å². The van der Waals surface area contributed by atoms with Crippen LogP contribution in [0.4, 0.5) is 0 Å². The van der Waals surface area contributed by atoms with Crippen LogP contribution < -0.4 is 16.4 Å². The smallest absolute Gasteiger partial charge is 0.267 e. The SMILES string of the molecule is CCCC(=O)NC(C(N)=O)=C(CCC)NC(=O)CC(C)c1ccccc1. The summed E-state index contributed by atoms with van der Waals surface area (Å²) in [5.74, 6) is -1.23. The highest BCUT2D eigenvalue weighted by atomic mass is 16.2. The first-order valence-corrected chi connectivity index (χ1v) is 9.06. The van der Waals surface area contributed by atoms with Gasteiger partial charge < -0.3 is 16.4 Å². The molecule has 0 aliphatic rings. The fourth-order valence-electron chi connectivity index (χ4n) is 2.61. The van der Waals surface area contributed by atoms with Crippen molar-refractivity contribution in [2.24, 2.45) is 5.73 Å². The molecule has 6 heteroatoms. The van der Waals surface area contributed by atoms with Gasteiger partial charge in [-0.25, -0.2) is 0 Å². The molecule has 0 aromatic heterocycles. The van der Waals surface area contributed by atoms with E-state index in [9.17, 15) is 14.4 Å². The van der Waals surface area contributed by atoms with Gasteiger partial charge in [-0.1, -0.05) is 57.5 Å². The number of nitrogens with two attached hydrogens (primary N) is 1. The summed E-state index contributed by atoms with van der Waals surface area (Å²) in [6.07, 6.45) is 2.35. The Bertz CT molecular complexity index is 654. The van der Waals surface area contributed by atoms with Crippen molar-refractivity contribution >= 4 is 17.7 Å². The second kappa shape index (κ2) is 11.1. The lowest BCUT2D eigenvalue weighted by Crippen LogP contribution is -2.36. The van der Waals surface area contributed by atoms with Gasteiger partial charge in [-0.05, 0) is 24.3 Å². The molecule has 0 aliphatic carbocycles. The molecule has 4 N–H and O–H groups in total. The highest BCUT2D eigenvalue weighted by Crippen LogP contribution is 2.19. The molecule has 0 saturated heterocycles. The number of primary amides is 1. The third-order valence-corrected chi connectivity index (χ3v) is 3.94. The van der Waals surface area contributed by atoms with Gasteiger partial charge in [-0.3, -0.25) is 14.4 Å². The minimum Gasteiger partial charge on any atom is -0.364 e. The largest absolute Gasteiger partial charge is 0.364 e. The second-order valence-corrected chi connectivity index (χ2v) is 6.33. The van der Waals surface area contributed by atoms with E-state index in [1.807, 2.05) is 51.1 Å². The van der Waals surface area contributed by atoms with Crippen LogP contribution in [0.15, 0.2) is 41.7 Å². The van der Waals surface area contributed by atoms with E-state index in [4.69, 9.17) is 5.73 Å². The van der Waals surface area contributed by atoms with E-state index in [2.05, 4.69) is 10.6 Å². The predicted molar refractivity (Wildman–Crippen MR) is 102 cm³/mol. The molecule has 0 heterocycles. The van der Waals surface area contributed by atoms with Crippen LogP contribution in [0.1, 0.15) is 64.4 Å². The number of rotatable bonds is 10. The summed E-state index contributed by atoms with van der Waals surface area (Å²) in [5.41, 5.74) is 6.83. The fraction of sp³-hybridized carbons (Fsp3) is 0.450. The van der Waals surface area contributed by atoms with Crippen LogP contribution in [-0.4, -0.2) is 17.7 Å². The molecule has 142 valence electrons. The maximum Gasteiger partial charge on any atom is 0.267 e. The van der Waals surface area contributed by atoms with Crippen molar-refractivity contribution < 1.29 is 14.4 Å². The third-order valence-electron chi connectivity index (χ3n) is 3.94. The van der Waals surface area contributed by atoms with Gasteiger partial charge in [-0.2, -0.15) is 0 Å². The summed E-state index contributed by atoms with van der Waals surface area (Å²) in [5, 5.41) is 5.32. The number of amides is 3.